The van der Waals surface area contributed by atoms with Crippen LogP contribution < -0.4 is 9.62 Å². The van der Waals surface area contributed by atoms with Gasteiger partial charge in [-0.25, -0.2) is 13.4 Å². The maximum Gasteiger partial charge on any atom is 0.268 e. The number of pyridine rings is 1. The van der Waals surface area contributed by atoms with Crippen LogP contribution in [0.4, 0.5) is 11.5 Å². The zero-order valence-corrected chi connectivity index (χ0v) is 13.8. The highest BCUT2D eigenvalue weighted by Gasteiger charge is 2.24. The van der Waals surface area contributed by atoms with Gasteiger partial charge in [-0.2, -0.15) is 0 Å². The summed E-state index contributed by atoms with van der Waals surface area (Å²) in [5.74, 6) is 0.502. The molecular weight excluding hydrogens is 320 g/mol. The summed E-state index contributed by atoms with van der Waals surface area (Å²) >= 11 is 0. The average molecular weight is 338 g/mol. The zero-order valence-electron chi connectivity index (χ0n) is 12.9. The Labute approximate surface area is 134 Å². The van der Waals surface area contributed by atoms with Crippen LogP contribution in [-0.2, 0) is 14.8 Å². The van der Waals surface area contributed by atoms with Crippen molar-refractivity contribution in [3.8, 4) is 0 Å². The first-order valence-electron chi connectivity index (χ1n) is 7.22. The Bertz CT molecular complexity index is 760. The van der Waals surface area contributed by atoms with Crippen molar-refractivity contribution in [1.82, 2.24) is 10.1 Å². The van der Waals surface area contributed by atoms with Gasteiger partial charge in [-0.3, -0.25) is 4.72 Å². The monoisotopic (exact) mass is 338 g/mol. The normalized spacial score (nSPS) is 15.7. The molecule has 1 N–H and O–H groups in total. The fraction of sp³-hybridized carbons (Fsp3) is 0.429. The summed E-state index contributed by atoms with van der Waals surface area (Å²) < 4.78 is 37.5. The van der Waals surface area contributed by atoms with E-state index < -0.39 is 10.0 Å². The van der Waals surface area contributed by atoms with Crippen molar-refractivity contribution in [3.63, 3.8) is 0 Å². The second-order valence-electron chi connectivity index (χ2n) is 5.26. The van der Waals surface area contributed by atoms with E-state index in [-0.39, 0.29) is 16.5 Å². The summed E-state index contributed by atoms with van der Waals surface area (Å²) in [6, 6.07) is 3.48. The summed E-state index contributed by atoms with van der Waals surface area (Å²) in [5, 5.41) is 3.67. The van der Waals surface area contributed by atoms with Gasteiger partial charge >= 0.3 is 0 Å². The minimum atomic E-state index is -3.77. The van der Waals surface area contributed by atoms with E-state index in [9.17, 15) is 8.42 Å². The van der Waals surface area contributed by atoms with Gasteiger partial charge in [0.15, 0.2) is 10.7 Å². The number of aromatic nitrogens is 2. The molecule has 0 aliphatic carbocycles. The Kier molecular flexibility index (Phi) is 4.22. The maximum atomic E-state index is 12.4. The van der Waals surface area contributed by atoms with Crippen LogP contribution in [0.25, 0.3) is 0 Å². The first-order chi connectivity index (χ1) is 11.0. The van der Waals surface area contributed by atoms with Crippen molar-refractivity contribution >= 4 is 21.5 Å². The van der Waals surface area contributed by atoms with E-state index in [0.29, 0.717) is 18.9 Å². The first-order valence-corrected chi connectivity index (χ1v) is 8.70. The fourth-order valence-corrected chi connectivity index (χ4v) is 3.84. The lowest BCUT2D eigenvalue weighted by atomic mass is 10.3. The first kappa shape index (κ1) is 15.8. The van der Waals surface area contributed by atoms with Gasteiger partial charge in [0.05, 0.1) is 25.1 Å². The SMILES string of the molecule is Cc1noc(C)c1S(=O)(=O)Nc1ccc(N2CCOCC2)cn1. The highest BCUT2D eigenvalue weighted by atomic mass is 32.2. The molecule has 1 fully saturated rings. The maximum absolute atomic E-state index is 12.4. The topological polar surface area (TPSA) is 97.6 Å². The summed E-state index contributed by atoms with van der Waals surface area (Å²) in [5.41, 5.74) is 1.26. The number of morpholine rings is 1. The van der Waals surface area contributed by atoms with E-state index in [1.54, 1.807) is 26.1 Å². The van der Waals surface area contributed by atoms with E-state index in [1.807, 2.05) is 6.07 Å². The molecular formula is C14H18N4O4S. The molecule has 0 radical (unpaired) electrons. The van der Waals surface area contributed by atoms with Crippen molar-refractivity contribution in [2.75, 3.05) is 35.9 Å². The molecule has 0 bridgehead atoms. The molecule has 0 unspecified atom stereocenters. The Morgan fingerprint density at radius 2 is 1.96 bits per heavy atom. The number of hydrogen-bond donors (Lipinski definition) is 1. The van der Waals surface area contributed by atoms with Crippen molar-refractivity contribution in [3.05, 3.63) is 29.8 Å². The molecule has 0 atom stereocenters. The van der Waals surface area contributed by atoms with Crippen LogP contribution in [-0.4, -0.2) is 44.9 Å². The molecule has 0 amide bonds. The number of ether oxygens (including phenoxy) is 1. The summed E-state index contributed by atoms with van der Waals surface area (Å²) in [6.45, 7) is 6.10. The zero-order chi connectivity index (χ0) is 16.4. The molecule has 1 aliphatic heterocycles. The van der Waals surface area contributed by atoms with Gasteiger partial charge in [0.2, 0.25) is 0 Å². The van der Waals surface area contributed by atoms with E-state index >= 15 is 0 Å². The second-order valence-corrected chi connectivity index (χ2v) is 6.88. The van der Waals surface area contributed by atoms with Crippen molar-refractivity contribution < 1.29 is 17.7 Å². The van der Waals surface area contributed by atoms with Crippen molar-refractivity contribution in [2.24, 2.45) is 0 Å². The molecule has 3 heterocycles. The summed E-state index contributed by atoms with van der Waals surface area (Å²) in [4.78, 5) is 6.38. The lowest BCUT2D eigenvalue weighted by Crippen LogP contribution is -2.36. The molecule has 0 aromatic carbocycles. The van der Waals surface area contributed by atoms with Crippen LogP contribution in [0.1, 0.15) is 11.5 Å². The number of sulfonamides is 1. The number of hydrogen-bond acceptors (Lipinski definition) is 7. The fourth-order valence-electron chi connectivity index (χ4n) is 2.50. The number of nitrogens with one attached hydrogen (secondary N) is 1. The summed E-state index contributed by atoms with van der Waals surface area (Å²) in [7, 11) is -3.77. The highest BCUT2D eigenvalue weighted by molar-refractivity contribution is 7.92. The average Bonchev–Trinajstić information content (AvgIpc) is 2.88. The van der Waals surface area contributed by atoms with Gasteiger partial charge in [-0.15, -0.1) is 0 Å². The second kappa shape index (κ2) is 6.17. The van der Waals surface area contributed by atoms with E-state index in [0.717, 1.165) is 18.8 Å². The lowest BCUT2D eigenvalue weighted by molar-refractivity contribution is 0.122. The Morgan fingerprint density at radius 1 is 1.22 bits per heavy atom. The predicted octanol–water partition coefficient (Wildman–Crippen LogP) is 1.32. The molecule has 0 saturated carbocycles. The van der Waals surface area contributed by atoms with Crippen LogP contribution in [0.15, 0.2) is 27.7 Å². The number of nitrogens with zero attached hydrogens (tertiary/aromatic N) is 3. The minimum Gasteiger partial charge on any atom is -0.378 e. The number of anilines is 2. The van der Waals surface area contributed by atoms with E-state index in [2.05, 4.69) is 19.8 Å². The molecule has 2 aromatic heterocycles. The molecule has 1 aliphatic rings. The molecule has 9 heteroatoms. The van der Waals surface area contributed by atoms with Crippen LogP contribution in [0.2, 0.25) is 0 Å². The Hall–Kier alpha value is -2.13. The largest absolute Gasteiger partial charge is 0.378 e. The van der Waals surface area contributed by atoms with Crippen molar-refractivity contribution in [1.29, 1.82) is 0 Å². The third-order valence-electron chi connectivity index (χ3n) is 3.60. The van der Waals surface area contributed by atoms with Gasteiger partial charge in [-0.05, 0) is 26.0 Å². The molecule has 23 heavy (non-hydrogen) atoms. The predicted molar refractivity (Wildman–Crippen MR) is 84.1 cm³/mol. The van der Waals surface area contributed by atoms with Gasteiger partial charge in [0.1, 0.15) is 11.5 Å². The number of rotatable bonds is 4. The van der Waals surface area contributed by atoms with Gasteiger partial charge < -0.3 is 14.2 Å². The molecule has 124 valence electrons. The molecule has 3 rings (SSSR count). The summed E-state index contributed by atoms with van der Waals surface area (Å²) in [6.07, 6.45) is 1.65. The quantitative estimate of drug-likeness (QED) is 0.898. The van der Waals surface area contributed by atoms with Crippen LogP contribution in [0.5, 0.6) is 0 Å². The number of aryl methyl sites for hydroxylation is 2. The van der Waals surface area contributed by atoms with Gasteiger partial charge in [0, 0.05) is 13.1 Å². The molecule has 8 nitrogen and oxygen atoms in total. The van der Waals surface area contributed by atoms with Gasteiger partial charge in [0.25, 0.3) is 10.0 Å². The Morgan fingerprint density at radius 3 is 2.52 bits per heavy atom. The van der Waals surface area contributed by atoms with Crippen LogP contribution in [0.3, 0.4) is 0 Å². The standard InChI is InChI=1S/C14H18N4O4S/c1-10-14(11(2)22-16-10)23(19,20)17-13-4-3-12(9-15-13)18-5-7-21-8-6-18/h3-4,9H,5-8H2,1-2H3,(H,15,17). The van der Waals surface area contributed by atoms with E-state index in [4.69, 9.17) is 9.26 Å². The highest BCUT2D eigenvalue weighted by Crippen LogP contribution is 2.22. The Balaban J connectivity index is 1.78. The molecule has 0 spiro atoms. The van der Waals surface area contributed by atoms with Gasteiger partial charge in [-0.1, -0.05) is 5.16 Å². The third-order valence-corrected chi connectivity index (χ3v) is 5.20. The minimum absolute atomic E-state index is 0.0524. The van der Waals surface area contributed by atoms with Crippen LogP contribution in [0, 0.1) is 13.8 Å². The smallest absolute Gasteiger partial charge is 0.268 e. The van der Waals surface area contributed by atoms with Crippen molar-refractivity contribution in [2.45, 2.75) is 18.7 Å². The third kappa shape index (κ3) is 3.30. The van der Waals surface area contributed by atoms with Crippen LogP contribution >= 0.6 is 0 Å². The molecule has 2 aromatic rings. The van der Waals surface area contributed by atoms with E-state index in [1.165, 1.54) is 0 Å². The lowest BCUT2D eigenvalue weighted by Gasteiger charge is -2.28. The molecule has 1 saturated heterocycles.